The quantitative estimate of drug-likeness (QED) is 0.177. The number of rotatable bonds is 2. The molecule has 0 unspecified atom stereocenters. The van der Waals surface area contributed by atoms with Crippen molar-refractivity contribution in [2.75, 3.05) is 7.11 Å². The largest absolute Gasteiger partial charge is 1.00 e. The van der Waals surface area contributed by atoms with E-state index >= 15 is 0 Å². The van der Waals surface area contributed by atoms with Crippen LogP contribution in [0.25, 0.3) is 0 Å². The van der Waals surface area contributed by atoms with Crippen LogP contribution in [0.1, 0.15) is 6.92 Å². The van der Waals surface area contributed by atoms with E-state index < -0.39 is 5.97 Å². The Morgan fingerprint density at radius 2 is 1.91 bits per heavy atom. The predicted molar refractivity (Wildman–Crippen MR) is 38.1 cm³/mol. The minimum Gasteiger partial charge on any atom is -0.786 e. The summed E-state index contributed by atoms with van der Waals surface area (Å²) in [5, 5.41) is 1.02. The number of esters is 1. The Hall–Kier alpha value is -0.160. The fourth-order valence-electron chi connectivity index (χ4n) is 0.385. The summed E-state index contributed by atoms with van der Waals surface area (Å²) in [6.07, 6.45) is 0. The smallest absolute Gasteiger partial charge is 0.786 e. The first-order valence-corrected chi connectivity index (χ1v) is 3.02. The van der Waals surface area contributed by atoms with Crippen LogP contribution < -0.4 is 0 Å². The molecule has 0 fully saturated rings. The van der Waals surface area contributed by atoms with Crippen LogP contribution in [0.15, 0.2) is 11.0 Å². The van der Waals surface area contributed by atoms with E-state index in [1.165, 1.54) is 14.0 Å². The molecule has 0 aromatic carbocycles. The van der Waals surface area contributed by atoms with Crippen LogP contribution >= 0.6 is 0 Å². The summed E-state index contributed by atoms with van der Waals surface area (Å²) < 4.78 is 4.27. The van der Waals surface area contributed by atoms with E-state index in [4.69, 9.17) is 0 Å². The Kier molecular flexibility index (Phi) is 7.99. The van der Waals surface area contributed by atoms with Gasteiger partial charge in [0.05, 0.1) is 12.7 Å². The zero-order valence-corrected chi connectivity index (χ0v) is 8.99. The van der Waals surface area contributed by atoms with Crippen LogP contribution in [-0.2, 0) is 49.3 Å². The predicted octanol–water partition coefficient (Wildman–Crippen LogP) is 0.177. The Morgan fingerprint density at radius 1 is 1.45 bits per heavy atom. The molecule has 0 bridgehead atoms. The van der Waals surface area contributed by atoms with Crippen LogP contribution in [-0.4, -0.2) is 18.9 Å². The SMILES string of the molecule is COC(=O)/C(=C\[S-])C(C)=O.[Au+]. The van der Waals surface area contributed by atoms with Crippen molar-refractivity contribution in [3.05, 3.63) is 11.0 Å². The first kappa shape index (κ1) is 13.4. The van der Waals surface area contributed by atoms with Gasteiger partial charge >= 0.3 is 28.3 Å². The average molecular weight is 356 g/mol. The van der Waals surface area contributed by atoms with E-state index in [2.05, 4.69) is 17.4 Å². The minimum absolute atomic E-state index is 0. The number of ketones is 1. The Morgan fingerprint density at radius 3 is 2.00 bits per heavy atom. The van der Waals surface area contributed by atoms with Gasteiger partial charge in [-0.05, 0) is 6.92 Å². The molecule has 0 spiro atoms. The maximum atomic E-state index is 10.6. The molecule has 0 atom stereocenters. The van der Waals surface area contributed by atoms with E-state index in [0.29, 0.717) is 0 Å². The first-order chi connectivity index (χ1) is 4.63. The summed E-state index contributed by atoms with van der Waals surface area (Å²) in [4.78, 5) is 21.1. The average Bonchev–Trinajstić information content (AvgIpc) is 1.88. The van der Waals surface area contributed by atoms with Crippen LogP contribution in [0.4, 0.5) is 0 Å². The van der Waals surface area contributed by atoms with Gasteiger partial charge in [-0.2, -0.15) is 5.41 Å². The number of ether oxygens (including phenoxy) is 1. The van der Waals surface area contributed by atoms with E-state index in [-0.39, 0.29) is 33.7 Å². The maximum Gasteiger partial charge on any atom is 1.00 e. The van der Waals surface area contributed by atoms with Crippen molar-refractivity contribution in [3.8, 4) is 0 Å². The minimum atomic E-state index is -0.678. The number of carbonyl (C=O) groups excluding carboxylic acids is 2. The molecule has 0 aliphatic heterocycles. The second-order valence-electron chi connectivity index (χ2n) is 1.58. The Labute approximate surface area is 86.1 Å². The van der Waals surface area contributed by atoms with E-state index in [9.17, 15) is 9.59 Å². The molecule has 0 saturated heterocycles. The Balaban J connectivity index is 0. The van der Waals surface area contributed by atoms with E-state index in [1.54, 1.807) is 0 Å². The van der Waals surface area contributed by atoms with Gasteiger partial charge in [0, 0.05) is 0 Å². The van der Waals surface area contributed by atoms with Crippen molar-refractivity contribution in [1.82, 2.24) is 0 Å². The van der Waals surface area contributed by atoms with Gasteiger partial charge in [0.2, 0.25) is 0 Å². The van der Waals surface area contributed by atoms with Crippen molar-refractivity contribution in [2.45, 2.75) is 6.92 Å². The van der Waals surface area contributed by atoms with Gasteiger partial charge in [-0.25, -0.2) is 4.79 Å². The fourth-order valence-corrected chi connectivity index (χ4v) is 0.647. The number of hydrogen-bond donors (Lipinski definition) is 0. The fraction of sp³-hybridized carbons (Fsp3) is 0.333. The molecule has 3 nitrogen and oxygen atoms in total. The molecule has 5 heteroatoms. The third-order valence-corrected chi connectivity index (χ3v) is 1.14. The van der Waals surface area contributed by atoms with Crippen molar-refractivity contribution in [2.24, 2.45) is 0 Å². The monoisotopic (exact) mass is 356 g/mol. The summed E-state index contributed by atoms with van der Waals surface area (Å²) in [6.45, 7) is 1.26. The van der Waals surface area contributed by atoms with Crippen LogP contribution in [0, 0.1) is 0 Å². The van der Waals surface area contributed by atoms with Crippen molar-refractivity contribution < 1.29 is 36.7 Å². The zero-order chi connectivity index (χ0) is 8.15. The molecule has 0 heterocycles. The number of hydrogen-bond acceptors (Lipinski definition) is 4. The van der Waals surface area contributed by atoms with Gasteiger partial charge in [0.1, 0.15) is 0 Å². The van der Waals surface area contributed by atoms with Crippen LogP contribution in [0.3, 0.4) is 0 Å². The molecule has 0 aliphatic rings. The standard InChI is InChI=1S/C6H8O3S.Au/c1-4(7)5(3-10)6(8)9-2;/h3,10H,1-2H3;/q;+1/p-1/b5-3-;. The second-order valence-corrected chi connectivity index (χ2v) is 1.81. The van der Waals surface area contributed by atoms with Gasteiger partial charge in [0.15, 0.2) is 5.78 Å². The summed E-state index contributed by atoms with van der Waals surface area (Å²) in [7, 11) is 1.20. The summed E-state index contributed by atoms with van der Waals surface area (Å²) >= 11 is 4.41. The third kappa shape index (κ3) is 4.31. The molecule has 0 N–H and O–H groups in total. The number of carbonyl (C=O) groups is 2. The molecule has 0 radical (unpaired) electrons. The number of methoxy groups -OCH3 is 1. The summed E-state index contributed by atoms with van der Waals surface area (Å²) in [6, 6.07) is 0. The van der Waals surface area contributed by atoms with Gasteiger partial charge < -0.3 is 17.4 Å². The van der Waals surface area contributed by atoms with Crippen molar-refractivity contribution >= 4 is 24.4 Å². The first-order valence-electron chi connectivity index (χ1n) is 2.54. The van der Waals surface area contributed by atoms with Crippen molar-refractivity contribution in [3.63, 3.8) is 0 Å². The van der Waals surface area contributed by atoms with Crippen LogP contribution in [0.2, 0.25) is 0 Å². The third-order valence-electron chi connectivity index (χ3n) is 0.902. The molecule has 11 heavy (non-hydrogen) atoms. The van der Waals surface area contributed by atoms with Crippen molar-refractivity contribution in [1.29, 1.82) is 0 Å². The molecule has 0 aromatic rings. The Bertz CT molecular complexity index is 188. The second kappa shape index (κ2) is 6.54. The van der Waals surface area contributed by atoms with Crippen LogP contribution in [0.5, 0.6) is 0 Å². The number of Topliss-reactive ketones (excluding diaryl/α,β-unsaturated/α-hetero) is 1. The van der Waals surface area contributed by atoms with E-state index in [1.807, 2.05) is 0 Å². The molecule has 0 rings (SSSR count). The summed E-state index contributed by atoms with van der Waals surface area (Å²) in [5.74, 6) is -1.05. The molecular formula is C6H7AuO3S. The normalized spacial score (nSPS) is 9.82. The van der Waals surface area contributed by atoms with E-state index in [0.717, 1.165) is 5.41 Å². The molecule has 0 saturated carbocycles. The van der Waals surface area contributed by atoms with Gasteiger partial charge in [0.25, 0.3) is 0 Å². The maximum absolute atomic E-state index is 10.6. The van der Waals surface area contributed by atoms with Gasteiger partial charge in [-0.1, -0.05) is 0 Å². The molecular weight excluding hydrogens is 349 g/mol. The summed E-state index contributed by atoms with van der Waals surface area (Å²) in [5.41, 5.74) is -0.0856. The van der Waals surface area contributed by atoms with Gasteiger partial charge in [-0.15, -0.1) is 0 Å². The molecule has 0 amide bonds. The van der Waals surface area contributed by atoms with Gasteiger partial charge in [-0.3, -0.25) is 4.79 Å². The molecule has 0 aliphatic carbocycles. The topological polar surface area (TPSA) is 43.4 Å². The molecule has 66 valence electrons. The zero-order valence-electron chi connectivity index (χ0n) is 6.01. The molecule has 0 aromatic heterocycles.